The zero-order chi connectivity index (χ0) is 17.5. The second-order valence-corrected chi connectivity index (χ2v) is 9.19. The molecule has 128 valence electrons. The van der Waals surface area contributed by atoms with E-state index >= 15 is 0 Å². The largest absolute Gasteiger partial charge is 0.238 e. The van der Waals surface area contributed by atoms with Crippen molar-refractivity contribution in [2.75, 3.05) is 0 Å². The Morgan fingerprint density at radius 1 is 1.12 bits per heavy atom. The molecule has 0 bridgehead atoms. The van der Waals surface area contributed by atoms with Crippen molar-refractivity contribution in [2.24, 2.45) is 16.5 Å². The predicted molar refractivity (Wildman–Crippen MR) is 97.6 cm³/mol. The van der Waals surface area contributed by atoms with Crippen molar-refractivity contribution >= 4 is 21.6 Å². The summed E-state index contributed by atoms with van der Waals surface area (Å²) in [6, 6.07) is 15.0. The Hall–Kier alpha value is -1.36. The topological polar surface area (TPSA) is 60.2 Å². The van der Waals surface area contributed by atoms with Crippen LogP contribution in [0.5, 0.6) is 0 Å². The Bertz CT molecular complexity index is 844. The summed E-state index contributed by atoms with van der Waals surface area (Å²) in [6.07, 6.45) is 2.09. The highest BCUT2D eigenvalue weighted by Gasteiger charge is 2.57. The van der Waals surface area contributed by atoms with Crippen LogP contribution in [0.25, 0.3) is 0 Å². The van der Waals surface area contributed by atoms with E-state index in [2.05, 4.69) is 19.9 Å². The van der Waals surface area contributed by atoms with E-state index in [1.807, 2.05) is 30.3 Å². The van der Waals surface area contributed by atoms with E-state index in [1.165, 1.54) is 11.1 Å². The molecule has 2 N–H and O–H groups in total. The quantitative estimate of drug-likeness (QED) is 0.857. The molecule has 0 aromatic heterocycles. The summed E-state index contributed by atoms with van der Waals surface area (Å²) in [5.41, 5.74) is 2.67. The van der Waals surface area contributed by atoms with Gasteiger partial charge in [-0.05, 0) is 65.5 Å². The number of rotatable bonds is 5. The van der Waals surface area contributed by atoms with Crippen LogP contribution in [0.2, 0.25) is 5.02 Å². The highest BCUT2D eigenvalue weighted by atomic mass is 35.5. The molecule has 3 rings (SSSR count). The van der Waals surface area contributed by atoms with Crippen molar-refractivity contribution in [1.82, 2.24) is 0 Å². The molecule has 0 heterocycles. The van der Waals surface area contributed by atoms with Crippen molar-refractivity contribution in [3.8, 4) is 0 Å². The summed E-state index contributed by atoms with van der Waals surface area (Å²) < 4.78 is 22.8. The highest BCUT2D eigenvalue weighted by Crippen LogP contribution is 2.66. The van der Waals surface area contributed by atoms with Gasteiger partial charge in [0.1, 0.15) is 0 Å². The van der Waals surface area contributed by atoms with Crippen LogP contribution in [-0.4, -0.2) is 8.42 Å². The van der Waals surface area contributed by atoms with Gasteiger partial charge < -0.3 is 0 Å². The van der Waals surface area contributed by atoms with Gasteiger partial charge in [0, 0.05) is 5.02 Å². The van der Waals surface area contributed by atoms with Crippen LogP contribution in [0, 0.1) is 11.3 Å². The maximum atomic E-state index is 11.4. The number of halogens is 1. The van der Waals surface area contributed by atoms with Gasteiger partial charge in [-0.25, -0.2) is 13.6 Å². The monoisotopic (exact) mass is 363 g/mol. The lowest BCUT2D eigenvalue weighted by atomic mass is 10.0. The molecule has 5 heteroatoms. The van der Waals surface area contributed by atoms with E-state index < -0.39 is 10.0 Å². The Morgan fingerprint density at radius 3 is 2.38 bits per heavy atom. The molecule has 1 fully saturated rings. The van der Waals surface area contributed by atoms with Crippen molar-refractivity contribution in [1.29, 1.82) is 0 Å². The van der Waals surface area contributed by atoms with Crippen LogP contribution in [0.3, 0.4) is 0 Å². The Kier molecular flexibility index (Phi) is 4.49. The number of sulfonamides is 1. The zero-order valence-corrected chi connectivity index (χ0v) is 15.4. The number of hydrogen-bond donors (Lipinski definition) is 1. The number of benzene rings is 2. The van der Waals surface area contributed by atoms with Gasteiger partial charge >= 0.3 is 0 Å². The van der Waals surface area contributed by atoms with Gasteiger partial charge in [0.15, 0.2) is 0 Å². The first kappa shape index (κ1) is 17.5. The van der Waals surface area contributed by atoms with Crippen molar-refractivity contribution in [2.45, 2.75) is 37.5 Å². The minimum atomic E-state index is -3.63. The number of aryl methyl sites for hydroxylation is 1. The van der Waals surface area contributed by atoms with Gasteiger partial charge in [0.05, 0.1) is 4.90 Å². The van der Waals surface area contributed by atoms with Gasteiger partial charge in [-0.1, -0.05) is 49.7 Å². The van der Waals surface area contributed by atoms with Crippen LogP contribution >= 0.6 is 11.6 Å². The van der Waals surface area contributed by atoms with E-state index in [9.17, 15) is 8.42 Å². The Morgan fingerprint density at radius 2 is 1.79 bits per heavy atom. The molecule has 0 saturated heterocycles. The molecule has 1 aliphatic rings. The summed E-state index contributed by atoms with van der Waals surface area (Å²) in [6.45, 7) is 4.54. The van der Waals surface area contributed by atoms with Crippen LogP contribution in [0.4, 0.5) is 0 Å². The SMILES string of the molecule is CC1(C)[C@H](CCc2cccc(Cl)c2)[C@H]1c1ccc(S(N)(=O)=O)cc1. The molecular formula is C19H22ClNO2S. The molecule has 24 heavy (non-hydrogen) atoms. The smallest absolute Gasteiger partial charge is 0.225 e. The molecular weight excluding hydrogens is 342 g/mol. The summed E-state index contributed by atoms with van der Waals surface area (Å²) in [5.74, 6) is 1.03. The second kappa shape index (κ2) is 6.17. The Labute approximate surface area is 148 Å². The minimum Gasteiger partial charge on any atom is -0.225 e. The van der Waals surface area contributed by atoms with Crippen LogP contribution < -0.4 is 5.14 Å². The molecule has 1 aliphatic carbocycles. The zero-order valence-electron chi connectivity index (χ0n) is 13.9. The average molecular weight is 364 g/mol. The van der Waals surface area contributed by atoms with E-state index in [0.29, 0.717) is 11.8 Å². The maximum absolute atomic E-state index is 11.4. The summed E-state index contributed by atoms with van der Waals surface area (Å²) in [4.78, 5) is 0.167. The van der Waals surface area contributed by atoms with Gasteiger partial charge in [-0.2, -0.15) is 0 Å². The molecule has 0 radical (unpaired) electrons. The maximum Gasteiger partial charge on any atom is 0.238 e. The normalized spacial score (nSPS) is 22.3. The van der Waals surface area contributed by atoms with Crippen LogP contribution in [0.15, 0.2) is 53.4 Å². The molecule has 2 aromatic rings. The highest BCUT2D eigenvalue weighted by molar-refractivity contribution is 7.89. The fraction of sp³-hybridized carbons (Fsp3) is 0.368. The third kappa shape index (κ3) is 3.51. The van der Waals surface area contributed by atoms with Gasteiger partial charge in [-0.3, -0.25) is 0 Å². The molecule has 0 aliphatic heterocycles. The first-order chi connectivity index (χ1) is 11.2. The Balaban J connectivity index is 1.70. The third-order valence-corrected chi connectivity index (χ3v) is 6.42. The van der Waals surface area contributed by atoms with E-state index in [0.717, 1.165) is 17.9 Å². The number of hydrogen-bond acceptors (Lipinski definition) is 2. The summed E-state index contributed by atoms with van der Waals surface area (Å²) in [7, 11) is -3.63. The van der Waals surface area contributed by atoms with Crippen molar-refractivity contribution in [3.05, 3.63) is 64.7 Å². The lowest BCUT2D eigenvalue weighted by Gasteiger charge is -2.04. The summed E-state index contributed by atoms with van der Waals surface area (Å²) >= 11 is 6.05. The molecule has 2 atom stereocenters. The van der Waals surface area contributed by atoms with E-state index in [1.54, 1.807) is 12.1 Å². The molecule has 0 amide bonds. The average Bonchev–Trinajstić information content (AvgIpc) is 3.05. The van der Waals surface area contributed by atoms with Gasteiger partial charge in [0.25, 0.3) is 0 Å². The molecule has 2 aromatic carbocycles. The molecule has 1 saturated carbocycles. The van der Waals surface area contributed by atoms with E-state index in [4.69, 9.17) is 16.7 Å². The van der Waals surface area contributed by atoms with Crippen LogP contribution in [0.1, 0.15) is 37.3 Å². The van der Waals surface area contributed by atoms with Gasteiger partial charge in [-0.15, -0.1) is 0 Å². The lowest BCUT2D eigenvalue weighted by Crippen LogP contribution is -2.11. The van der Waals surface area contributed by atoms with E-state index in [-0.39, 0.29) is 10.3 Å². The number of nitrogens with two attached hydrogens (primary N) is 1. The minimum absolute atomic E-state index is 0.167. The first-order valence-electron chi connectivity index (χ1n) is 8.07. The predicted octanol–water partition coefficient (Wildman–Crippen LogP) is 4.36. The first-order valence-corrected chi connectivity index (χ1v) is 9.99. The molecule has 3 nitrogen and oxygen atoms in total. The third-order valence-electron chi connectivity index (χ3n) is 5.25. The van der Waals surface area contributed by atoms with Gasteiger partial charge in [0.2, 0.25) is 10.0 Å². The lowest BCUT2D eigenvalue weighted by molar-refractivity contribution is 0.530. The fourth-order valence-electron chi connectivity index (χ4n) is 3.82. The van der Waals surface area contributed by atoms with Crippen molar-refractivity contribution in [3.63, 3.8) is 0 Å². The molecule has 0 unspecified atom stereocenters. The second-order valence-electron chi connectivity index (χ2n) is 7.19. The number of primary sulfonamides is 1. The fourth-order valence-corrected chi connectivity index (χ4v) is 4.55. The van der Waals surface area contributed by atoms with Crippen molar-refractivity contribution < 1.29 is 8.42 Å². The molecule has 0 spiro atoms. The summed E-state index contributed by atoms with van der Waals surface area (Å²) in [5, 5.41) is 5.94. The standard InChI is InChI=1S/C19H22ClNO2S/c1-19(2)17(11-6-13-4-3-5-15(20)12-13)18(19)14-7-9-16(10-8-14)24(21,22)23/h3-5,7-10,12,17-18H,6,11H2,1-2H3,(H2,21,22,23)/t17-,18-/m1/s1. The van der Waals surface area contributed by atoms with Crippen LogP contribution in [-0.2, 0) is 16.4 Å².